The average Bonchev–Trinajstić information content (AvgIpc) is 2.52. The molecule has 7 heteroatoms. The molecule has 0 saturated heterocycles. The Morgan fingerprint density at radius 2 is 1.80 bits per heavy atom. The number of hydrogen-bond donors (Lipinski definition) is 3. The summed E-state index contributed by atoms with van der Waals surface area (Å²) in [5, 5.41) is 16.6. The molecule has 7 nitrogen and oxygen atoms in total. The van der Waals surface area contributed by atoms with Gasteiger partial charge in [0, 0.05) is 12.6 Å². The molecule has 1 aromatic heterocycles. The first-order chi connectivity index (χ1) is 8.91. The smallest absolute Gasteiger partial charge is 0.311 e. The average molecular weight is 282 g/mol. The lowest BCUT2D eigenvalue weighted by Crippen LogP contribution is -2.51. The fraction of sp³-hybridized carbons (Fsp3) is 0.615. The van der Waals surface area contributed by atoms with Gasteiger partial charge in [-0.3, -0.25) is 14.3 Å². The molecule has 0 atom stereocenters. The van der Waals surface area contributed by atoms with Crippen LogP contribution in [0, 0.1) is 12.3 Å². The van der Waals surface area contributed by atoms with Crippen molar-refractivity contribution >= 4 is 17.7 Å². The number of rotatable bonds is 5. The van der Waals surface area contributed by atoms with Crippen LogP contribution in [0.3, 0.4) is 0 Å². The Kier molecular flexibility index (Phi) is 3.85. The van der Waals surface area contributed by atoms with E-state index >= 15 is 0 Å². The molecule has 20 heavy (non-hydrogen) atoms. The van der Waals surface area contributed by atoms with E-state index in [-0.39, 0.29) is 5.56 Å². The lowest BCUT2D eigenvalue weighted by molar-refractivity contribution is -0.149. The third-order valence-electron chi connectivity index (χ3n) is 4.00. The van der Waals surface area contributed by atoms with Crippen molar-refractivity contribution in [2.24, 2.45) is 18.2 Å². The molecule has 0 aliphatic rings. The Bertz CT molecular complexity index is 558. The highest BCUT2D eigenvalue weighted by molar-refractivity contribution is 5.99. The molecule has 1 rings (SSSR count). The molecule has 0 fully saturated rings. The minimum absolute atomic E-state index is 0.279. The number of aromatic nitrogens is 2. The van der Waals surface area contributed by atoms with E-state index in [0.717, 1.165) is 0 Å². The quantitative estimate of drug-likeness (QED) is 0.749. The number of aliphatic carboxylic acids is 1. The minimum atomic E-state index is -1.06. The molecule has 1 heterocycles. The Balaban J connectivity index is 3.29. The normalized spacial score (nSPS) is 12.3. The maximum Gasteiger partial charge on any atom is 0.311 e. The number of carboxylic acids is 1. The number of hydrogen-bond acceptors (Lipinski definition) is 4. The number of amides is 1. The summed E-state index contributed by atoms with van der Waals surface area (Å²) in [7, 11) is 1.67. The number of nitrogens with zero attached hydrogens (tertiary/aromatic N) is 2. The summed E-state index contributed by atoms with van der Waals surface area (Å²) < 4.78 is 1.50. The predicted molar refractivity (Wildman–Crippen MR) is 75.6 cm³/mol. The van der Waals surface area contributed by atoms with Gasteiger partial charge in [-0.2, -0.15) is 5.10 Å². The van der Waals surface area contributed by atoms with Gasteiger partial charge in [0.2, 0.25) is 0 Å². The van der Waals surface area contributed by atoms with Gasteiger partial charge in [-0.25, -0.2) is 0 Å². The van der Waals surface area contributed by atoms with Gasteiger partial charge < -0.3 is 16.2 Å². The maximum absolute atomic E-state index is 11.5. The molecule has 0 aliphatic carbocycles. The molecule has 112 valence electrons. The number of nitrogens with two attached hydrogens (primary N) is 1. The van der Waals surface area contributed by atoms with Gasteiger partial charge in [0.1, 0.15) is 11.4 Å². The molecule has 0 unspecified atom stereocenters. The van der Waals surface area contributed by atoms with Crippen LogP contribution >= 0.6 is 0 Å². The molecule has 0 spiro atoms. The summed E-state index contributed by atoms with van der Waals surface area (Å²) >= 11 is 0. The van der Waals surface area contributed by atoms with E-state index in [0.29, 0.717) is 11.5 Å². The Hall–Kier alpha value is -2.05. The number of carbonyl (C=O) groups excluding carboxylic acids is 1. The summed E-state index contributed by atoms with van der Waals surface area (Å²) in [6.07, 6.45) is 0. The predicted octanol–water partition coefficient (Wildman–Crippen LogP) is 1.13. The number of aryl methyl sites for hydroxylation is 2. The van der Waals surface area contributed by atoms with Gasteiger partial charge in [-0.15, -0.1) is 0 Å². The SMILES string of the molecule is Cc1nn(C)c(NC(C)(C)C(C)(C)C(=O)O)c1C(N)=O. The first-order valence-corrected chi connectivity index (χ1v) is 6.26. The molecule has 1 aromatic rings. The second-order valence-corrected chi connectivity index (χ2v) is 5.98. The van der Waals surface area contributed by atoms with Crippen molar-refractivity contribution in [1.82, 2.24) is 9.78 Å². The van der Waals surface area contributed by atoms with E-state index in [1.54, 1.807) is 41.7 Å². The first-order valence-electron chi connectivity index (χ1n) is 6.26. The Labute approximate surface area is 118 Å². The zero-order valence-electron chi connectivity index (χ0n) is 12.7. The molecule has 1 amide bonds. The molecule has 0 aliphatic heterocycles. The fourth-order valence-corrected chi connectivity index (χ4v) is 1.82. The highest BCUT2D eigenvalue weighted by atomic mass is 16.4. The van der Waals surface area contributed by atoms with Crippen LogP contribution in [0.2, 0.25) is 0 Å². The topological polar surface area (TPSA) is 110 Å². The molecule has 0 radical (unpaired) electrons. The summed E-state index contributed by atoms with van der Waals surface area (Å²) in [5.41, 5.74) is 4.28. The van der Waals surface area contributed by atoms with Crippen molar-refractivity contribution in [3.05, 3.63) is 11.3 Å². The van der Waals surface area contributed by atoms with Crippen LogP contribution in [0.4, 0.5) is 5.82 Å². The highest BCUT2D eigenvalue weighted by Crippen LogP contribution is 2.35. The molecule has 4 N–H and O–H groups in total. The van der Waals surface area contributed by atoms with Crippen molar-refractivity contribution in [2.75, 3.05) is 5.32 Å². The van der Waals surface area contributed by atoms with Crippen LogP contribution < -0.4 is 11.1 Å². The van der Waals surface area contributed by atoms with E-state index in [9.17, 15) is 14.7 Å². The van der Waals surface area contributed by atoms with Crippen molar-refractivity contribution in [1.29, 1.82) is 0 Å². The number of nitrogens with one attached hydrogen (secondary N) is 1. The molecular formula is C13H22N4O3. The van der Waals surface area contributed by atoms with Crippen LogP contribution in [-0.2, 0) is 11.8 Å². The number of anilines is 1. The van der Waals surface area contributed by atoms with Crippen LogP contribution in [0.1, 0.15) is 43.7 Å². The monoisotopic (exact) mass is 282 g/mol. The zero-order chi connectivity index (χ0) is 15.9. The van der Waals surface area contributed by atoms with Gasteiger partial charge in [-0.1, -0.05) is 0 Å². The largest absolute Gasteiger partial charge is 0.481 e. The first kappa shape index (κ1) is 16.0. The minimum Gasteiger partial charge on any atom is -0.481 e. The van der Waals surface area contributed by atoms with Crippen molar-refractivity contribution in [3.8, 4) is 0 Å². The third kappa shape index (κ3) is 2.48. The number of carbonyl (C=O) groups is 2. The van der Waals surface area contributed by atoms with Gasteiger partial charge >= 0.3 is 5.97 Å². The second kappa shape index (κ2) is 4.81. The van der Waals surface area contributed by atoms with E-state index in [1.165, 1.54) is 4.68 Å². The summed E-state index contributed by atoms with van der Waals surface area (Å²) in [5.74, 6) is -1.11. The van der Waals surface area contributed by atoms with E-state index < -0.39 is 22.8 Å². The van der Waals surface area contributed by atoms with Crippen LogP contribution in [-0.4, -0.2) is 32.3 Å². The van der Waals surface area contributed by atoms with E-state index in [1.807, 2.05) is 0 Å². The van der Waals surface area contributed by atoms with Crippen molar-refractivity contribution in [3.63, 3.8) is 0 Å². The number of carboxylic acid groups (broad SMARTS) is 1. The lowest BCUT2D eigenvalue weighted by Gasteiger charge is -2.39. The van der Waals surface area contributed by atoms with Gasteiger partial charge in [0.05, 0.1) is 11.1 Å². The summed E-state index contributed by atoms with van der Waals surface area (Å²) in [4.78, 5) is 23.0. The van der Waals surface area contributed by atoms with Crippen molar-refractivity contribution < 1.29 is 14.7 Å². The van der Waals surface area contributed by atoms with Crippen molar-refractivity contribution in [2.45, 2.75) is 40.2 Å². The third-order valence-corrected chi connectivity index (χ3v) is 4.00. The van der Waals surface area contributed by atoms with E-state index in [2.05, 4.69) is 10.4 Å². The maximum atomic E-state index is 11.5. The Morgan fingerprint density at radius 3 is 2.20 bits per heavy atom. The molecular weight excluding hydrogens is 260 g/mol. The molecule has 0 saturated carbocycles. The lowest BCUT2D eigenvalue weighted by atomic mass is 9.74. The summed E-state index contributed by atoms with van der Waals surface area (Å²) in [6, 6.07) is 0. The number of primary amides is 1. The van der Waals surface area contributed by atoms with E-state index in [4.69, 9.17) is 5.73 Å². The standard InChI is InChI=1S/C13H22N4O3/c1-7-8(9(14)18)10(17(6)16-7)15-13(4,5)12(2,3)11(19)20/h15H,1-6H3,(H2,14,18)(H,19,20). The second-order valence-electron chi connectivity index (χ2n) is 5.98. The van der Waals surface area contributed by atoms with Gasteiger partial charge in [0.25, 0.3) is 5.91 Å². The molecule has 0 bridgehead atoms. The highest BCUT2D eigenvalue weighted by Gasteiger charge is 2.44. The zero-order valence-corrected chi connectivity index (χ0v) is 12.7. The Morgan fingerprint density at radius 1 is 1.30 bits per heavy atom. The molecule has 0 aromatic carbocycles. The van der Waals surface area contributed by atoms with Gasteiger partial charge in [-0.05, 0) is 34.6 Å². The summed E-state index contributed by atoms with van der Waals surface area (Å²) in [6.45, 7) is 8.44. The fourth-order valence-electron chi connectivity index (χ4n) is 1.82. The van der Waals surface area contributed by atoms with Crippen LogP contribution in [0.15, 0.2) is 0 Å². The van der Waals surface area contributed by atoms with Crippen LogP contribution in [0.5, 0.6) is 0 Å². The van der Waals surface area contributed by atoms with Gasteiger partial charge in [0.15, 0.2) is 0 Å². The van der Waals surface area contributed by atoms with Crippen LogP contribution in [0.25, 0.3) is 0 Å².